The predicted octanol–water partition coefficient (Wildman–Crippen LogP) is 2.76. The number of furan rings is 1. The molecule has 0 aliphatic rings. The molecule has 8 heteroatoms. The number of aromatic amines is 1. The molecule has 3 aromatic heterocycles. The van der Waals surface area contributed by atoms with E-state index in [9.17, 15) is 9.59 Å². The number of aromatic nitrogens is 4. The minimum atomic E-state index is -0.269. The van der Waals surface area contributed by atoms with E-state index in [1.54, 1.807) is 38.3 Å². The molecule has 0 radical (unpaired) electrons. The average molecular weight is 355 g/mol. The van der Waals surface area contributed by atoms with Crippen molar-refractivity contribution in [3.05, 3.63) is 46.6 Å². The molecular formula is C18H21N5O3. The molecule has 3 rings (SSSR count). The van der Waals surface area contributed by atoms with Gasteiger partial charge < -0.3 is 9.73 Å². The summed E-state index contributed by atoms with van der Waals surface area (Å²) in [7, 11) is 0. The molecule has 0 spiro atoms. The fraction of sp³-hybridized carbons (Fsp3) is 0.333. The Morgan fingerprint density at radius 1 is 1.38 bits per heavy atom. The zero-order chi connectivity index (χ0) is 18.7. The van der Waals surface area contributed by atoms with Crippen molar-refractivity contribution in [1.82, 2.24) is 19.7 Å². The van der Waals surface area contributed by atoms with E-state index in [-0.39, 0.29) is 23.3 Å². The van der Waals surface area contributed by atoms with Gasteiger partial charge >= 0.3 is 0 Å². The van der Waals surface area contributed by atoms with Crippen LogP contribution in [0.2, 0.25) is 0 Å². The average Bonchev–Trinajstić information content (AvgIpc) is 3.23. The molecule has 0 aliphatic carbocycles. The number of amides is 1. The molecule has 8 nitrogen and oxygen atoms in total. The van der Waals surface area contributed by atoms with E-state index < -0.39 is 0 Å². The van der Waals surface area contributed by atoms with Gasteiger partial charge in [0.1, 0.15) is 11.5 Å². The number of rotatable bonds is 6. The molecule has 0 fully saturated rings. The van der Waals surface area contributed by atoms with Crippen molar-refractivity contribution in [2.24, 2.45) is 5.92 Å². The molecule has 0 saturated carbocycles. The third-order valence-corrected chi connectivity index (χ3v) is 3.75. The van der Waals surface area contributed by atoms with Gasteiger partial charge in [0.05, 0.1) is 6.26 Å². The molecule has 0 atom stereocenters. The van der Waals surface area contributed by atoms with E-state index in [2.05, 4.69) is 20.4 Å². The van der Waals surface area contributed by atoms with E-state index in [0.29, 0.717) is 29.4 Å². The van der Waals surface area contributed by atoms with Crippen LogP contribution in [0.25, 0.3) is 17.4 Å². The van der Waals surface area contributed by atoms with Crippen LogP contribution in [0.15, 0.2) is 39.7 Å². The third kappa shape index (κ3) is 3.74. The maximum Gasteiger partial charge on any atom is 0.252 e. The lowest BCUT2D eigenvalue weighted by Gasteiger charge is -2.10. The summed E-state index contributed by atoms with van der Waals surface area (Å²) in [5.41, 5.74) is 0.926. The lowest BCUT2D eigenvalue weighted by atomic mass is 10.2. The SMILES string of the molecule is CCCc1cc(=O)[nH]c(-n2nc(-c3ccco3)cc2NC(=O)C(C)C)n1. The van der Waals surface area contributed by atoms with Crippen molar-refractivity contribution in [2.75, 3.05) is 5.32 Å². The maximum absolute atomic E-state index is 12.2. The quantitative estimate of drug-likeness (QED) is 0.707. The van der Waals surface area contributed by atoms with Crippen LogP contribution >= 0.6 is 0 Å². The molecule has 1 amide bonds. The first-order valence-corrected chi connectivity index (χ1v) is 8.53. The molecule has 26 heavy (non-hydrogen) atoms. The predicted molar refractivity (Wildman–Crippen MR) is 97.1 cm³/mol. The van der Waals surface area contributed by atoms with Gasteiger partial charge in [0, 0.05) is 23.7 Å². The van der Waals surface area contributed by atoms with Crippen molar-refractivity contribution in [3.8, 4) is 17.4 Å². The zero-order valence-corrected chi connectivity index (χ0v) is 14.9. The number of hydrogen-bond acceptors (Lipinski definition) is 5. The van der Waals surface area contributed by atoms with E-state index in [1.807, 2.05) is 6.92 Å². The minimum Gasteiger partial charge on any atom is -0.463 e. The van der Waals surface area contributed by atoms with Crippen LogP contribution in [0.5, 0.6) is 0 Å². The van der Waals surface area contributed by atoms with Crippen LogP contribution in [0.3, 0.4) is 0 Å². The number of carbonyl (C=O) groups excluding carboxylic acids is 1. The van der Waals surface area contributed by atoms with Gasteiger partial charge in [-0.2, -0.15) is 9.78 Å². The van der Waals surface area contributed by atoms with Gasteiger partial charge in [-0.1, -0.05) is 27.2 Å². The van der Waals surface area contributed by atoms with Crippen LogP contribution in [0, 0.1) is 5.92 Å². The fourth-order valence-corrected chi connectivity index (χ4v) is 2.43. The van der Waals surface area contributed by atoms with Gasteiger partial charge in [-0.25, -0.2) is 4.98 Å². The van der Waals surface area contributed by atoms with Gasteiger partial charge in [0.15, 0.2) is 5.76 Å². The highest BCUT2D eigenvalue weighted by Crippen LogP contribution is 2.24. The normalized spacial score (nSPS) is 11.1. The molecule has 3 aromatic rings. The van der Waals surface area contributed by atoms with E-state index in [0.717, 1.165) is 6.42 Å². The van der Waals surface area contributed by atoms with E-state index in [4.69, 9.17) is 4.42 Å². The van der Waals surface area contributed by atoms with Gasteiger partial charge in [-0.15, -0.1) is 0 Å². The number of nitrogens with one attached hydrogen (secondary N) is 2. The number of nitrogens with zero attached hydrogens (tertiary/aromatic N) is 3. The first kappa shape index (κ1) is 17.7. The number of hydrogen-bond donors (Lipinski definition) is 2. The lowest BCUT2D eigenvalue weighted by Crippen LogP contribution is -2.22. The standard InChI is InChI=1S/C18H21N5O3/c1-4-6-12-9-16(24)21-18(19-12)23-15(20-17(25)11(2)3)10-13(22-23)14-7-5-8-26-14/h5,7-11H,4,6H2,1-3H3,(H,20,25)(H,19,21,24). The second-order valence-corrected chi connectivity index (χ2v) is 6.26. The fourth-order valence-electron chi connectivity index (χ4n) is 2.43. The summed E-state index contributed by atoms with van der Waals surface area (Å²) < 4.78 is 6.80. The van der Waals surface area contributed by atoms with Crippen LogP contribution in [0.1, 0.15) is 32.9 Å². The number of carbonyl (C=O) groups is 1. The summed E-state index contributed by atoms with van der Waals surface area (Å²) >= 11 is 0. The van der Waals surface area contributed by atoms with E-state index in [1.165, 1.54) is 10.7 Å². The van der Waals surface area contributed by atoms with Crippen molar-refractivity contribution in [2.45, 2.75) is 33.6 Å². The Morgan fingerprint density at radius 2 is 2.19 bits per heavy atom. The Kier molecular flexibility index (Phi) is 5.01. The van der Waals surface area contributed by atoms with Gasteiger partial charge in [-0.3, -0.25) is 14.6 Å². The van der Waals surface area contributed by atoms with Crippen molar-refractivity contribution < 1.29 is 9.21 Å². The highest BCUT2D eigenvalue weighted by Gasteiger charge is 2.18. The van der Waals surface area contributed by atoms with Crippen LogP contribution in [-0.2, 0) is 11.2 Å². The highest BCUT2D eigenvalue weighted by molar-refractivity contribution is 5.92. The van der Waals surface area contributed by atoms with Crippen molar-refractivity contribution in [1.29, 1.82) is 0 Å². The monoisotopic (exact) mass is 355 g/mol. The first-order chi connectivity index (χ1) is 12.5. The van der Waals surface area contributed by atoms with Crippen molar-refractivity contribution >= 4 is 11.7 Å². The smallest absolute Gasteiger partial charge is 0.252 e. The molecule has 0 aliphatic heterocycles. The second kappa shape index (κ2) is 7.38. The Bertz CT molecular complexity index is 954. The van der Waals surface area contributed by atoms with Crippen LogP contribution in [-0.4, -0.2) is 25.7 Å². The molecular weight excluding hydrogens is 334 g/mol. The van der Waals surface area contributed by atoms with Crippen LogP contribution in [0.4, 0.5) is 5.82 Å². The topological polar surface area (TPSA) is 106 Å². The largest absolute Gasteiger partial charge is 0.463 e. The maximum atomic E-state index is 12.2. The first-order valence-electron chi connectivity index (χ1n) is 8.53. The number of anilines is 1. The molecule has 0 unspecified atom stereocenters. The van der Waals surface area contributed by atoms with Crippen molar-refractivity contribution in [3.63, 3.8) is 0 Å². The summed E-state index contributed by atoms with van der Waals surface area (Å²) in [6.07, 6.45) is 3.09. The van der Waals surface area contributed by atoms with Gasteiger partial charge in [0.25, 0.3) is 5.56 Å². The Morgan fingerprint density at radius 3 is 2.85 bits per heavy atom. The van der Waals surface area contributed by atoms with Crippen LogP contribution < -0.4 is 10.9 Å². The number of H-pyrrole nitrogens is 1. The Balaban J connectivity index is 2.09. The Hall–Kier alpha value is -3.16. The lowest BCUT2D eigenvalue weighted by molar-refractivity contribution is -0.118. The summed E-state index contributed by atoms with van der Waals surface area (Å²) in [4.78, 5) is 31.3. The van der Waals surface area contributed by atoms with Gasteiger partial charge in [-0.05, 0) is 18.6 Å². The minimum absolute atomic E-state index is 0.163. The van der Waals surface area contributed by atoms with E-state index >= 15 is 0 Å². The summed E-state index contributed by atoms with van der Waals surface area (Å²) in [5, 5.41) is 7.27. The second-order valence-electron chi connectivity index (χ2n) is 6.26. The highest BCUT2D eigenvalue weighted by atomic mass is 16.3. The van der Waals surface area contributed by atoms with Gasteiger partial charge in [0.2, 0.25) is 11.9 Å². The number of aryl methyl sites for hydroxylation is 1. The molecule has 0 bridgehead atoms. The summed E-state index contributed by atoms with van der Waals surface area (Å²) in [6.45, 7) is 5.61. The molecule has 136 valence electrons. The Labute approximate surface area is 150 Å². The third-order valence-electron chi connectivity index (χ3n) is 3.75. The molecule has 3 heterocycles. The molecule has 2 N–H and O–H groups in total. The molecule has 0 aromatic carbocycles. The molecule has 0 saturated heterocycles. The summed E-state index contributed by atoms with van der Waals surface area (Å²) in [5.74, 6) is 0.841. The summed E-state index contributed by atoms with van der Waals surface area (Å²) in [6, 6.07) is 6.68. The zero-order valence-electron chi connectivity index (χ0n) is 14.9.